The molecule has 0 aliphatic rings. The average Bonchev–Trinajstić information content (AvgIpc) is 2.26. The van der Waals surface area contributed by atoms with Gasteiger partial charge in [0.2, 0.25) is 0 Å². The lowest BCUT2D eigenvalue weighted by Gasteiger charge is -2.17. The molecule has 0 saturated carbocycles. The van der Waals surface area contributed by atoms with E-state index in [1.807, 2.05) is 0 Å². The van der Waals surface area contributed by atoms with Crippen LogP contribution in [0.25, 0.3) is 0 Å². The number of rotatable bonds is 4. The van der Waals surface area contributed by atoms with Gasteiger partial charge in [0.1, 0.15) is 11.9 Å². The molecular formula is C10H13NO5. The number of nitrogens with two attached hydrogens (primary N) is 1. The van der Waals surface area contributed by atoms with E-state index in [2.05, 4.69) is 0 Å². The minimum absolute atomic E-state index is 0.136. The predicted octanol–water partition coefficient (Wildman–Crippen LogP) is -0.244. The van der Waals surface area contributed by atoms with E-state index in [-0.39, 0.29) is 11.3 Å². The Balaban J connectivity index is 3.10. The van der Waals surface area contributed by atoms with E-state index in [1.165, 1.54) is 19.2 Å². The first kappa shape index (κ1) is 12.3. The number of benzene rings is 1. The molecule has 2 atom stereocenters. The number of hydrogen-bond acceptors (Lipinski definition) is 5. The first-order chi connectivity index (χ1) is 7.47. The fourth-order valence-corrected chi connectivity index (χ4v) is 1.29. The second-order valence-corrected chi connectivity index (χ2v) is 3.23. The topological polar surface area (TPSA) is 113 Å². The van der Waals surface area contributed by atoms with E-state index in [9.17, 15) is 15.0 Å². The quantitative estimate of drug-likeness (QED) is 0.528. The number of aliphatic carboxylic acids is 1. The highest BCUT2D eigenvalue weighted by molar-refractivity contribution is 5.73. The Hall–Kier alpha value is -1.79. The van der Waals surface area contributed by atoms with Gasteiger partial charge in [-0.1, -0.05) is 0 Å². The molecule has 1 rings (SSSR count). The third-order valence-electron chi connectivity index (χ3n) is 2.12. The Labute approximate surface area is 91.9 Å². The van der Waals surface area contributed by atoms with Gasteiger partial charge in [0.15, 0.2) is 6.10 Å². The Kier molecular flexibility index (Phi) is 3.70. The lowest BCUT2D eigenvalue weighted by atomic mass is 10.0. The summed E-state index contributed by atoms with van der Waals surface area (Å²) in [6.07, 6.45) is -3.51. The summed E-state index contributed by atoms with van der Waals surface area (Å²) in [6, 6.07) is 4.39. The number of nitrogen functional groups attached to an aromatic ring is 1. The summed E-state index contributed by atoms with van der Waals surface area (Å²) in [4.78, 5) is 10.5. The van der Waals surface area contributed by atoms with Gasteiger partial charge >= 0.3 is 5.97 Å². The van der Waals surface area contributed by atoms with Gasteiger partial charge in [-0.25, -0.2) is 4.79 Å². The smallest absolute Gasteiger partial charge is 0.335 e. The number of carboxylic acids is 1. The van der Waals surface area contributed by atoms with Gasteiger partial charge in [-0.05, 0) is 18.2 Å². The molecule has 0 spiro atoms. The SMILES string of the molecule is COc1ccc(N)cc1C(O)C(O)C(=O)O. The fourth-order valence-electron chi connectivity index (χ4n) is 1.29. The molecule has 0 heterocycles. The maximum absolute atomic E-state index is 10.5. The summed E-state index contributed by atoms with van der Waals surface area (Å²) in [6.45, 7) is 0. The minimum Gasteiger partial charge on any atom is -0.496 e. The summed E-state index contributed by atoms with van der Waals surface area (Å²) in [7, 11) is 1.37. The van der Waals surface area contributed by atoms with Crippen molar-refractivity contribution in [2.75, 3.05) is 12.8 Å². The van der Waals surface area contributed by atoms with Crippen molar-refractivity contribution in [3.05, 3.63) is 23.8 Å². The van der Waals surface area contributed by atoms with E-state index < -0.39 is 18.2 Å². The highest BCUT2D eigenvalue weighted by Gasteiger charge is 2.27. The maximum atomic E-state index is 10.5. The van der Waals surface area contributed by atoms with Crippen molar-refractivity contribution in [1.29, 1.82) is 0 Å². The van der Waals surface area contributed by atoms with Gasteiger partial charge in [-0.3, -0.25) is 0 Å². The monoisotopic (exact) mass is 227 g/mol. The van der Waals surface area contributed by atoms with E-state index in [0.717, 1.165) is 0 Å². The van der Waals surface area contributed by atoms with Crippen LogP contribution in [0.4, 0.5) is 5.69 Å². The van der Waals surface area contributed by atoms with Crippen LogP contribution in [0.3, 0.4) is 0 Å². The third-order valence-corrected chi connectivity index (χ3v) is 2.12. The van der Waals surface area contributed by atoms with Crippen molar-refractivity contribution in [2.24, 2.45) is 0 Å². The van der Waals surface area contributed by atoms with Crippen LogP contribution in [0.15, 0.2) is 18.2 Å². The van der Waals surface area contributed by atoms with Crippen molar-refractivity contribution in [3.63, 3.8) is 0 Å². The highest BCUT2D eigenvalue weighted by Crippen LogP contribution is 2.29. The lowest BCUT2D eigenvalue weighted by molar-refractivity contribution is -0.153. The second kappa shape index (κ2) is 4.82. The van der Waals surface area contributed by atoms with Crippen LogP contribution >= 0.6 is 0 Å². The molecule has 0 fully saturated rings. The van der Waals surface area contributed by atoms with Crippen LogP contribution in [0.1, 0.15) is 11.7 Å². The molecule has 5 N–H and O–H groups in total. The van der Waals surface area contributed by atoms with E-state index in [1.54, 1.807) is 6.07 Å². The number of carbonyl (C=O) groups is 1. The summed E-state index contributed by atoms with van der Waals surface area (Å²) in [5, 5.41) is 27.4. The van der Waals surface area contributed by atoms with Gasteiger partial charge in [0, 0.05) is 11.3 Å². The van der Waals surface area contributed by atoms with Crippen molar-refractivity contribution >= 4 is 11.7 Å². The summed E-state index contributed by atoms with van der Waals surface area (Å²) in [5.41, 5.74) is 5.98. The molecule has 1 aromatic carbocycles. The van der Waals surface area contributed by atoms with Gasteiger partial charge in [-0.2, -0.15) is 0 Å². The number of anilines is 1. The minimum atomic E-state index is -1.92. The van der Waals surface area contributed by atoms with Crippen LogP contribution in [0, 0.1) is 0 Å². The van der Waals surface area contributed by atoms with Gasteiger partial charge < -0.3 is 25.8 Å². The molecule has 0 bridgehead atoms. The number of hydrogen-bond donors (Lipinski definition) is 4. The predicted molar refractivity (Wildman–Crippen MR) is 56.0 cm³/mol. The molecule has 6 nitrogen and oxygen atoms in total. The fraction of sp³-hybridized carbons (Fsp3) is 0.300. The molecule has 0 aliphatic carbocycles. The largest absolute Gasteiger partial charge is 0.496 e. The van der Waals surface area contributed by atoms with Gasteiger partial charge in [0.25, 0.3) is 0 Å². The van der Waals surface area contributed by atoms with E-state index >= 15 is 0 Å². The Morgan fingerprint density at radius 1 is 1.44 bits per heavy atom. The number of carboxylic acid groups (broad SMARTS) is 1. The van der Waals surface area contributed by atoms with Crippen LogP contribution in [-0.4, -0.2) is 34.5 Å². The Bertz CT molecular complexity index is 393. The van der Waals surface area contributed by atoms with Crippen molar-refractivity contribution in [2.45, 2.75) is 12.2 Å². The van der Waals surface area contributed by atoms with Crippen LogP contribution in [0.5, 0.6) is 5.75 Å². The molecule has 0 radical (unpaired) electrons. The average molecular weight is 227 g/mol. The van der Waals surface area contributed by atoms with Crippen LogP contribution in [-0.2, 0) is 4.79 Å². The molecule has 0 aliphatic heterocycles. The van der Waals surface area contributed by atoms with E-state index in [0.29, 0.717) is 5.69 Å². The summed E-state index contributed by atoms with van der Waals surface area (Å²) in [5.74, 6) is -1.25. The second-order valence-electron chi connectivity index (χ2n) is 3.23. The molecule has 6 heteroatoms. The maximum Gasteiger partial charge on any atom is 0.335 e. The summed E-state index contributed by atoms with van der Waals surface area (Å²) < 4.78 is 4.93. The highest BCUT2D eigenvalue weighted by atomic mass is 16.5. The number of aliphatic hydroxyl groups is 2. The molecule has 0 saturated heterocycles. The standard InChI is InChI=1S/C10H13NO5/c1-16-7-3-2-5(11)4-6(7)8(12)9(13)10(14)15/h2-4,8-9,12-13H,11H2,1H3,(H,14,15). The first-order valence-electron chi connectivity index (χ1n) is 4.49. The molecule has 16 heavy (non-hydrogen) atoms. The Morgan fingerprint density at radius 2 is 2.06 bits per heavy atom. The number of methoxy groups -OCH3 is 1. The summed E-state index contributed by atoms with van der Waals surface area (Å²) >= 11 is 0. The molecule has 0 aromatic heterocycles. The third kappa shape index (κ3) is 2.41. The lowest BCUT2D eigenvalue weighted by Crippen LogP contribution is -2.27. The molecule has 0 amide bonds. The first-order valence-corrected chi connectivity index (χ1v) is 4.49. The van der Waals surface area contributed by atoms with Crippen molar-refractivity contribution in [3.8, 4) is 5.75 Å². The zero-order valence-electron chi connectivity index (χ0n) is 8.62. The zero-order chi connectivity index (χ0) is 12.3. The van der Waals surface area contributed by atoms with Crippen molar-refractivity contribution in [1.82, 2.24) is 0 Å². The molecular weight excluding hydrogens is 214 g/mol. The van der Waals surface area contributed by atoms with Gasteiger partial charge in [-0.15, -0.1) is 0 Å². The van der Waals surface area contributed by atoms with Gasteiger partial charge in [0.05, 0.1) is 7.11 Å². The molecule has 88 valence electrons. The molecule has 2 unspecified atom stereocenters. The number of ether oxygens (including phenoxy) is 1. The van der Waals surface area contributed by atoms with Crippen LogP contribution in [0.2, 0.25) is 0 Å². The molecule has 1 aromatic rings. The Morgan fingerprint density at radius 3 is 2.56 bits per heavy atom. The number of aliphatic hydroxyl groups excluding tert-OH is 2. The van der Waals surface area contributed by atoms with Crippen LogP contribution < -0.4 is 10.5 Å². The van der Waals surface area contributed by atoms with Crippen molar-refractivity contribution < 1.29 is 24.9 Å². The zero-order valence-corrected chi connectivity index (χ0v) is 8.62. The van der Waals surface area contributed by atoms with E-state index in [4.69, 9.17) is 15.6 Å². The normalized spacial score (nSPS) is 14.2.